The number of halogens is 1. The lowest BCUT2D eigenvalue weighted by molar-refractivity contribution is 0.0842. The summed E-state index contributed by atoms with van der Waals surface area (Å²) in [7, 11) is 2.03. The molecule has 0 amide bonds. The van der Waals surface area contributed by atoms with Gasteiger partial charge in [-0.3, -0.25) is 0 Å². The van der Waals surface area contributed by atoms with Crippen LogP contribution in [-0.2, 0) is 11.2 Å². The smallest absolute Gasteiger partial charge is 0.108 e. The molecule has 0 bridgehead atoms. The molecule has 0 radical (unpaired) electrons. The summed E-state index contributed by atoms with van der Waals surface area (Å²) >= 11 is 3.69. The Balaban J connectivity index is 1.99. The normalized spacial score (nSPS) is 17.5. The van der Waals surface area contributed by atoms with Crippen molar-refractivity contribution in [2.24, 2.45) is 4.99 Å². The quantitative estimate of drug-likeness (QED) is 0.538. The molecular weight excluding hydrogens is 364 g/mol. The van der Waals surface area contributed by atoms with Crippen LogP contribution >= 0.6 is 15.9 Å². The molecule has 3 nitrogen and oxygen atoms in total. The molecule has 1 aliphatic rings. The number of ether oxygens (including phenoxy) is 1. The van der Waals surface area contributed by atoms with Crippen LogP contribution in [0, 0.1) is 0 Å². The molecule has 3 rings (SSSR count). The zero-order valence-corrected chi connectivity index (χ0v) is 15.8. The molecule has 1 aliphatic heterocycles. The number of aliphatic imine (C=N–C) groups is 1. The third-order valence-electron chi connectivity index (χ3n) is 4.36. The van der Waals surface area contributed by atoms with E-state index in [4.69, 9.17) is 4.74 Å². The average molecular weight is 387 g/mol. The van der Waals surface area contributed by atoms with Crippen molar-refractivity contribution in [3.05, 3.63) is 63.6 Å². The van der Waals surface area contributed by atoms with Gasteiger partial charge in [0.25, 0.3) is 0 Å². The second-order valence-corrected chi connectivity index (χ2v) is 6.94. The third kappa shape index (κ3) is 3.87. The first-order valence-electron chi connectivity index (χ1n) is 8.42. The van der Waals surface area contributed by atoms with Gasteiger partial charge >= 0.3 is 0 Å². The molecular formula is C20H23BrN2O. The molecule has 126 valence electrons. The van der Waals surface area contributed by atoms with Gasteiger partial charge in [0, 0.05) is 24.7 Å². The molecule has 0 N–H and O–H groups in total. The van der Waals surface area contributed by atoms with Crippen LogP contribution < -0.4 is 0 Å². The van der Waals surface area contributed by atoms with Crippen molar-refractivity contribution >= 4 is 28.0 Å². The van der Waals surface area contributed by atoms with Crippen LogP contribution in [0.3, 0.4) is 0 Å². The van der Waals surface area contributed by atoms with Crippen LogP contribution in [0.1, 0.15) is 36.1 Å². The Labute approximate surface area is 152 Å². The highest BCUT2D eigenvalue weighted by molar-refractivity contribution is 9.10. The Bertz CT molecular complexity index is 715. The molecule has 24 heavy (non-hydrogen) atoms. The van der Waals surface area contributed by atoms with Crippen molar-refractivity contribution in [2.75, 3.05) is 20.2 Å². The lowest BCUT2D eigenvalue weighted by Gasteiger charge is -2.19. The fraction of sp³-hybridized carbons (Fsp3) is 0.350. The summed E-state index contributed by atoms with van der Waals surface area (Å²) in [5.74, 6) is 0. The molecule has 2 aromatic carbocycles. The van der Waals surface area contributed by atoms with Crippen molar-refractivity contribution in [2.45, 2.75) is 25.9 Å². The van der Waals surface area contributed by atoms with E-state index in [9.17, 15) is 0 Å². The second-order valence-electron chi connectivity index (χ2n) is 6.09. The molecule has 1 unspecified atom stereocenters. The van der Waals surface area contributed by atoms with E-state index in [2.05, 4.69) is 69.1 Å². The Kier molecular flexibility index (Phi) is 5.69. The molecule has 1 atom stereocenters. The molecule has 0 saturated carbocycles. The van der Waals surface area contributed by atoms with Crippen LogP contribution in [0.4, 0.5) is 5.69 Å². The summed E-state index contributed by atoms with van der Waals surface area (Å²) in [6, 6.07) is 14.8. The zero-order chi connectivity index (χ0) is 16.9. The first kappa shape index (κ1) is 17.2. The minimum atomic E-state index is -0.00338. The number of nitrogens with zero attached hydrogens (tertiary/aromatic N) is 2. The van der Waals surface area contributed by atoms with Crippen molar-refractivity contribution in [3.63, 3.8) is 0 Å². The molecule has 4 heteroatoms. The van der Waals surface area contributed by atoms with Gasteiger partial charge < -0.3 is 9.64 Å². The fourth-order valence-corrected chi connectivity index (χ4v) is 3.34. The number of benzene rings is 2. The highest BCUT2D eigenvalue weighted by Crippen LogP contribution is 2.37. The van der Waals surface area contributed by atoms with Gasteiger partial charge in [0.1, 0.15) is 6.10 Å². The number of fused-ring (bicyclic) bond motifs is 1. The van der Waals surface area contributed by atoms with Crippen LogP contribution in [0.15, 0.2) is 51.9 Å². The van der Waals surface area contributed by atoms with Crippen LogP contribution in [0.5, 0.6) is 0 Å². The molecule has 0 spiro atoms. The number of rotatable bonds is 4. The molecule has 1 heterocycles. The van der Waals surface area contributed by atoms with E-state index < -0.39 is 0 Å². The van der Waals surface area contributed by atoms with Gasteiger partial charge in [0.2, 0.25) is 0 Å². The third-order valence-corrected chi connectivity index (χ3v) is 5.00. The molecule has 0 fully saturated rings. The topological polar surface area (TPSA) is 24.8 Å². The van der Waals surface area contributed by atoms with E-state index in [0.717, 1.165) is 36.2 Å². The molecule has 0 aromatic heterocycles. The van der Waals surface area contributed by atoms with Gasteiger partial charge in [-0.1, -0.05) is 30.3 Å². The highest BCUT2D eigenvalue weighted by atomic mass is 79.9. The Morgan fingerprint density at radius 2 is 2.08 bits per heavy atom. The Morgan fingerprint density at radius 1 is 1.29 bits per heavy atom. The minimum absolute atomic E-state index is 0.00338. The summed E-state index contributed by atoms with van der Waals surface area (Å²) in [4.78, 5) is 6.69. The van der Waals surface area contributed by atoms with E-state index in [1.165, 1.54) is 16.7 Å². The summed E-state index contributed by atoms with van der Waals surface area (Å²) in [5, 5.41) is 0. The number of hydrogen-bond acceptors (Lipinski definition) is 2. The predicted octanol–water partition coefficient (Wildman–Crippen LogP) is 5.11. The summed E-state index contributed by atoms with van der Waals surface area (Å²) in [6.45, 7) is 3.83. The van der Waals surface area contributed by atoms with Crippen LogP contribution in [0.2, 0.25) is 0 Å². The van der Waals surface area contributed by atoms with Gasteiger partial charge in [-0.25, -0.2) is 4.99 Å². The Hall–Kier alpha value is -1.65. The maximum atomic E-state index is 6.16. The van der Waals surface area contributed by atoms with E-state index in [1.54, 1.807) is 0 Å². The lowest BCUT2D eigenvalue weighted by atomic mass is 9.95. The van der Waals surface area contributed by atoms with E-state index in [0.29, 0.717) is 0 Å². The van der Waals surface area contributed by atoms with Crippen molar-refractivity contribution < 1.29 is 4.74 Å². The SMILES string of the molecule is CCN(C)C=Nc1cc2c(cc1Br)C(c1ccccc1)OCCC2. The van der Waals surface area contributed by atoms with Crippen molar-refractivity contribution in [1.82, 2.24) is 4.90 Å². The minimum Gasteiger partial charge on any atom is -0.369 e. The van der Waals surface area contributed by atoms with Gasteiger partial charge in [0.15, 0.2) is 0 Å². The largest absolute Gasteiger partial charge is 0.369 e. The van der Waals surface area contributed by atoms with Crippen LogP contribution in [0.25, 0.3) is 0 Å². The molecule has 0 saturated heterocycles. The number of aryl methyl sites for hydroxylation is 1. The standard InChI is InChI=1S/C20H23BrN2O/c1-3-23(2)14-22-19-12-16-10-7-11-24-20(17(16)13-18(19)21)15-8-5-4-6-9-15/h4-6,8-9,12-14,20H,3,7,10-11H2,1-2H3. The maximum Gasteiger partial charge on any atom is 0.108 e. The summed E-state index contributed by atoms with van der Waals surface area (Å²) in [6.07, 6.45) is 3.94. The lowest BCUT2D eigenvalue weighted by Crippen LogP contribution is -2.14. The van der Waals surface area contributed by atoms with Gasteiger partial charge in [-0.2, -0.15) is 0 Å². The second kappa shape index (κ2) is 7.95. The van der Waals surface area contributed by atoms with Crippen molar-refractivity contribution in [3.8, 4) is 0 Å². The number of hydrogen-bond donors (Lipinski definition) is 0. The zero-order valence-electron chi connectivity index (χ0n) is 14.2. The highest BCUT2D eigenvalue weighted by Gasteiger charge is 2.22. The Morgan fingerprint density at radius 3 is 2.83 bits per heavy atom. The van der Waals surface area contributed by atoms with Gasteiger partial charge in [-0.15, -0.1) is 0 Å². The average Bonchev–Trinajstić information content (AvgIpc) is 2.82. The van der Waals surface area contributed by atoms with E-state index >= 15 is 0 Å². The maximum absolute atomic E-state index is 6.16. The molecule has 0 aliphatic carbocycles. The van der Waals surface area contributed by atoms with Gasteiger partial charge in [-0.05, 0) is 64.5 Å². The first-order chi connectivity index (χ1) is 11.7. The summed E-state index contributed by atoms with van der Waals surface area (Å²) in [5.41, 5.74) is 4.75. The predicted molar refractivity (Wildman–Crippen MR) is 103 cm³/mol. The fourth-order valence-electron chi connectivity index (χ4n) is 2.88. The van der Waals surface area contributed by atoms with Crippen LogP contribution in [-0.4, -0.2) is 31.4 Å². The van der Waals surface area contributed by atoms with Gasteiger partial charge in [0.05, 0.1) is 12.0 Å². The monoisotopic (exact) mass is 386 g/mol. The van der Waals surface area contributed by atoms with Crippen molar-refractivity contribution in [1.29, 1.82) is 0 Å². The summed E-state index contributed by atoms with van der Waals surface area (Å²) < 4.78 is 7.17. The molecule has 2 aromatic rings. The first-order valence-corrected chi connectivity index (χ1v) is 9.21. The van der Waals surface area contributed by atoms with E-state index in [1.807, 2.05) is 19.5 Å². The van der Waals surface area contributed by atoms with E-state index in [-0.39, 0.29) is 6.10 Å².